The number of fused-ring (bicyclic) bond motifs is 1. The second kappa shape index (κ2) is 10.6. The molecule has 3 rings (SSSR count). The van der Waals surface area contributed by atoms with Gasteiger partial charge in [0.15, 0.2) is 0 Å². The van der Waals surface area contributed by atoms with Crippen molar-refractivity contribution >= 4 is 16.9 Å². The molecule has 0 radical (unpaired) electrons. The van der Waals surface area contributed by atoms with Crippen LogP contribution in [0.3, 0.4) is 0 Å². The Kier molecular flexibility index (Phi) is 8.07. The Morgan fingerprint density at radius 2 is 1.79 bits per heavy atom. The number of esters is 1. The predicted molar refractivity (Wildman–Crippen MR) is 142 cm³/mol. The third-order valence-corrected chi connectivity index (χ3v) is 6.60. The van der Waals surface area contributed by atoms with Gasteiger partial charge in [-0.15, -0.1) is 0 Å². The van der Waals surface area contributed by atoms with Gasteiger partial charge in [0.25, 0.3) is 0 Å². The summed E-state index contributed by atoms with van der Waals surface area (Å²) in [6, 6.07) is 15.4. The lowest BCUT2D eigenvalue weighted by Gasteiger charge is -2.34. The maximum atomic E-state index is 11.7. The van der Waals surface area contributed by atoms with Crippen molar-refractivity contribution in [3.05, 3.63) is 71.8 Å². The summed E-state index contributed by atoms with van der Waals surface area (Å²) in [5, 5.41) is 1.10. The van der Waals surface area contributed by atoms with Crippen LogP contribution < -0.4 is 0 Å². The van der Waals surface area contributed by atoms with Gasteiger partial charge in [-0.05, 0) is 73.8 Å². The highest BCUT2D eigenvalue weighted by Gasteiger charge is 2.33. The van der Waals surface area contributed by atoms with Gasteiger partial charge in [0, 0.05) is 17.0 Å². The van der Waals surface area contributed by atoms with Crippen molar-refractivity contribution in [1.29, 1.82) is 0 Å². The Bertz CT molecular complexity index is 1150. The molecule has 3 nitrogen and oxygen atoms in total. The molecular weight excluding hydrogens is 420 g/mol. The van der Waals surface area contributed by atoms with Crippen LogP contribution in [-0.2, 0) is 27.8 Å². The molecule has 0 spiro atoms. The van der Waals surface area contributed by atoms with E-state index in [2.05, 4.69) is 76.7 Å². The van der Waals surface area contributed by atoms with Crippen LogP contribution in [0, 0.1) is 0 Å². The summed E-state index contributed by atoms with van der Waals surface area (Å²) in [6.45, 7) is 16.2. The maximum absolute atomic E-state index is 11.7. The predicted octanol–water partition coefficient (Wildman–Crippen LogP) is 8.57. The first kappa shape index (κ1) is 25.8. The van der Waals surface area contributed by atoms with Crippen LogP contribution in [-0.4, -0.2) is 11.6 Å². The van der Waals surface area contributed by atoms with Crippen molar-refractivity contribution in [3.63, 3.8) is 0 Å². The van der Waals surface area contributed by atoms with Crippen molar-refractivity contribution in [1.82, 2.24) is 0 Å². The van der Waals surface area contributed by atoms with E-state index in [0.717, 1.165) is 35.1 Å². The summed E-state index contributed by atoms with van der Waals surface area (Å²) in [5.74, 6) is 0.525. The van der Waals surface area contributed by atoms with E-state index in [1.54, 1.807) is 0 Å². The quantitative estimate of drug-likeness (QED) is 0.163. The highest BCUT2D eigenvalue weighted by Crippen LogP contribution is 2.37. The Morgan fingerprint density at radius 1 is 1.03 bits per heavy atom. The molecule has 182 valence electrons. The Labute approximate surface area is 205 Å². The third-order valence-electron chi connectivity index (χ3n) is 6.60. The summed E-state index contributed by atoms with van der Waals surface area (Å²) in [7, 11) is 0. The number of carbonyl (C=O) groups is 1. The van der Waals surface area contributed by atoms with Gasteiger partial charge in [-0.25, -0.2) is 4.79 Å². The van der Waals surface area contributed by atoms with E-state index >= 15 is 0 Å². The average molecular weight is 461 g/mol. The van der Waals surface area contributed by atoms with E-state index in [4.69, 9.17) is 9.15 Å². The van der Waals surface area contributed by atoms with Gasteiger partial charge in [-0.1, -0.05) is 77.4 Å². The molecule has 0 fully saturated rings. The fourth-order valence-corrected chi connectivity index (χ4v) is 5.02. The van der Waals surface area contributed by atoms with Crippen molar-refractivity contribution < 1.29 is 13.9 Å². The number of hydrogen-bond acceptors (Lipinski definition) is 3. The molecule has 0 N–H and O–H groups in total. The number of benzene rings is 2. The number of rotatable bonds is 11. The molecule has 3 aromatic rings. The van der Waals surface area contributed by atoms with Gasteiger partial charge in [0.05, 0.1) is 0 Å². The van der Waals surface area contributed by atoms with E-state index < -0.39 is 11.6 Å². The molecule has 2 aromatic carbocycles. The molecule has 1 heterocycles. The molecule has 0 unspecified atom stereocenters. The fraction of sp³-hybridized carbons (Fsp3) is 0.452. The van der Waals surface area contributed by atoms with Crippen LogP contribution in [0.1, 0.15) is 83.9 Å². The molecule has 0 atom stereocenters. The van der Waals surface area contributed by atoms with Gasteiger partial charge in [0.2, 0.25) is 0 Å². The molecule has 0 aliphatic carbocycles. The standard InChI is InChI=1S/C31H40O3/c1-8-11-12-13-22-14-17-26(23(9-2)18-22)28-19-24-15-16-25(20-27(24)33-28)30(4,5)21-31(6,7)34-29(32)10-3/h10,14-20H,3,8-9,11-13,21H2,1-2,4-7H3. The normalized spacial score (nSPS) is 12.2. The van der Waals surface area contributed by atoms with E-state index in [9.17, 15) is 4.79 Å². The van der Waals surface area contributed by atoms with Crippen molar-refractivity contribution in [2.45, 2.75) is 91.1 Å². The molecule has 0 saturated carbocycles. The molecule has 3 heteroatoms. The molecule has 0 amide bonds. The van der Waals surface area contributed by atoms with Gasteiger partial charge in [-0.3, -0.25) is 0 Å². The van der Waals surface area contributed by atoms with Crippen LogP contribution in [0.2, 0.25) is 0 Å². The molecule has 0 bridgehead atoms. The van der Waals surface area contributed by atoms with E-state index in [0.29, 0.717) is 6.42 Å². The number of ether oxygens (including phenoxy) is 1. The first-order chi connectivity index (χ1) is 16.1. The minimum absolute atomic E-state index is 0.208. The highest BCUT2D eigenvalue weighted by molar-refractivity contribution is 5.84. The number of aryl methyl sites for hydroxylation is 2. The van der Waals surface area contributed by atoms with Crippen molar-refractivity contribution in [3.8, 4) is 11.3 Å². The first-order valence-corrected chi connectivity index (χ1v) is 12.6. The second-order valence-electron chi connectivity index (χ2n) is 10.6. The van der Waals surface area contributed by atoms with Crippen LogP contribution in [0.5, 0.6) is 0 Å². The van der Waals surface area contributed by atoms with Crippen LogP contribution in [0.25, 0.3) is 22.3 Å². The molecule has 1 aromatic heterocycles. The lowest BCUT2D eigenvalue weighted by atomic mass is 9.76. The monoisotopic (exact) mass is 460 g/mol. The number of hydrogen-bond donors (Lipinski definition) is 0. The van der Waals surface area contributed by atoms with Crippen molar-refractivity contribution in [2.75, 3.05) is 0 Å². The maximum Gasteiger partial charge on any atom is 0.330 e. The zero-order chi connectivity index (χ0) is 24.9. The van der Waals surface area contributed by atoms with Gasteiger partial charge in [0.1, 0.15) is 16.9 Å². The zero-order valence-electron chi connectivity index (χ0n) is 21.8. The summed E-state index contributed by atoms with van der Waals surface area (Å²) >= 11 is 0. The summed E-state index contributed by atoms with van der Waals surface area (Å²) < 4.78 is 12.0. The first-order valence-electron chi connectivity index (χ1n) is 12.6. The van der Waals surface area contributed by atoms with Gasteiger partial charge >= 0.3 is 5.97 Å². The molecular formula is C31H40O3. The Morgan fingerprint density at radius 3 is 2.47 bits per heavy atom. The Hall–Kier alpha value is -2.81. The minimum atomic E-state index is -0.604. The van der Waals surface area contributed by atoms with E-state index in [1.165, 1.54) is 42.0 Å². The third kappa shape index (κ3) is 6.20. The number of furan rings is 1. The average Bonchev–Trinajstić information content (AvgIpc) is 3.21. The molecule has 34 heavy (non-hydrogen) atoms. The lowest BCUT2D eigenvalue weighted by molar-refractivity contribution is -0.151. The second-order valence-corrected chi connectivity index (χ2v) is 10.6. The molecule has 0 aliphatic rings. The SMILES string of the molecule is C=CC(=O)OC(C)(C)CC(C)(C)c1ccc2cc(-c3ccc(CCCCC)cc3CC)oc2c1. The van der Waals surface area contributed by atoms with Crippen LogP contribution in [0.4, 0.5) is 0 Å². The van der Waals surface area contributed by atoms with E-state index in [-0.39, 0.29) is 5.41 Å². The minimum Gasteiger partial charge on any atom is -0.456 e. The summed E-state index contributed by atoms with van der Waals surface area (Å²) in [4.78, 5) is 11.7. The van der Waals surface area contributed by atoms with Gasteiger partial charge in [-0.2, -0.15) is 0 Å². The highest BCUT2D eigenvalue weighted by atomic mass is 16.6. The number of carbonyl (C=O) groups excluding carboxylic acids is 1. The summed E-state index contributed by atoms with van der Waals surface area (Å²) in [6.07, 6.45) is 7.77. The van der Waals surface area contributed by atoms with E-state index in [1.807, 2.05) is 13.8 Å². The van der Waals surface area contributed by atoms with Gasteiger partial charge < -0.3 is 9.15 Å². The summed E-state index contributed by atoms with van der Waals surface area (Å²) in [5.41, 5.74) is 5.15. The lowest BCUT2D eigenvalue weighted by Crippen LogP contribution is -2.35. The van der Waals surface area contributed by atoms with Crippen molar-refractivity contribution in [2.24, 2.45) is 0 Å². The molecule has 0 saturated heterocycles. The smallest absolute Gasteiger partial charge is 0.330 e. The van der Waals surface area contributed by atoms with Crippen LogP contribution in [0.15, 0.2) is 59.5 Å². The van der Waals surface area contributed by atoms with Crippen LogP contribution >= 0.6 is 0 Å². The zero-order valence-corrected chi connectivity index (χ0v) is 21.8. The largest absolute Gasteiger partial charge is 0.456 e. The fourth-order valence-electron chi connectivity index (χ4n) is 5.02. The Balaban J connectivity index is 1.87. The number of unbranched alkanes of at least 4 members (excludes halogenated alkanes) is 2. The topological polar surface area (TPSA) is 39.4 Å². The molecule has 0 aliphatic heterocycles.